The molecule has 0 radical (unpaired) electrons. The minimum atomic E-state index is -5.60. The zero-order chi connectivity index (χ0) is 18.3. The van der Waals surface area contributed by atoms with E-state index in [1.807, 2.05) is 0 Å². The number of allylic oxidation sites excluding steroid dienone is 3. The normalized spacial score (nSPS) is 22.4. The van der Waals surface area contributed by atoms with E-state index in [2.05, 4.69) is 0 Å². The second-order valence-corrected chi connectivity index (χ2v) is 5.84. The van der Waals surface area contributed by atoms with E-state index < -0.39 is 35.2 Å². The minimum absolute atomic E-state index is 0.139. The van der Waals surface area contributed by atoms with Crippen LogP contribution in [0.1, 0.15) is 12.5 Å². The van der Waals surface area contributed by atoms with Crippen LogP contribution in [0.2, 0.25) is 0 Å². The molecule has 4 N–H and O–H groups in total. The SMILES string of the molecule is CC1C=CC(N)=CC1C(c1cccc(N)c1)(C(F)(F)F)C(F)(F)F. The van der Waals surface area contributed by atoms with Gasteiger partial charge in [-0.2, -0.15) is 26.3 Å². The van der Waals surface area contributed by atoms with Crippen molar-refractivity contribution in [1.82, 2.24) is 0 Å². The third-order valence-corrected chi connectivity index (χ3v) is 4.27. The Morgan fingerprint density at radius 2 is 1.54 bits per heavy atom. The number of nitrogen functional groups attached to an aromatic ring is 1. The molecule has 0 saturated heterocycles. The van der Waals surface area contributed by atoms with Gasteiger partial charge in [-0.25, -0.2) is 0 Å². The molecule has 0 amide bonds. The van der Waals surface area contributed by atoms with Crippen LogP contribution in [0.25, 0.3) is 0 Å². The van der Waals surface area contributed by atoms with Gasteiger partial charge >= 0.3 is 12.4 Å². The van der Waals surface area contributed by atoms with Crippen LogP contribution in [0.3, 0.4) is 0 Å². The third-order valence-electron chi connectivity index (χ3n) is 4.27. The van der Waals surface area contributed by atoms with Crippen LogP contribution in [0, 0.1) is 11.8 Å². The van der Waals surface area contributed by atoms with Crippen LogP contribution in [0.15, 0.2) is 48.2 Å². The molecule has 2 atom stereocenters. The van der Waals surface area contributed by atoms with E-state index in [1.165, 1.54) is 25.1 Å². The Bertz CT molecular complexity index is 658. The highest BCUT2D eigenvalue weighted by molar-refractivity contribution is 5.47. The summed E-state index contributed by atoms with van der Waals surface area (Å²) in [5, 5.41) is 0. The Kier molecular flexibility index (Phi) is 4.37. The summed E-state index contributed by atoms with van der Waals surface area (Å²) in [4.78, 5) is 0. The van der Waals surface area contributed by atoms with E-state index in [1.54, 1.807) is 0 Å². The highest BCUT2D eigenvalue weighted by atomic mass is 19.4. The standard InChI is InChI=1S/C16H16F6N2/c1-9-5-6-12(24)8-13(9)14(15(17,18)19,16(20,21)22)10-3-2-4-11(23)7-10/h2-9,13H,23-24H2,1H3. The lowest BCUT2D eigenvalue weighted by Crippen LogP contribution is -2.60. The van der Waals surface area contributed by atoms with Gasteiger partial charge in [-0.1, -0.05) is 31.2 Å². The lowest BCUT2D eigenvalue weighted by Gasteiger charge is -2.45. The molecular formula is C16H16F6N2. The Hall–Kier alpha value is -2.12. The highest BCUT2D eigenvalue weighted by Gasteiger charge is 2.75. The molecule has 1 aromatic rings. The lowest BCUT2D eigenvalue weighted by molar-refractivity contribution is -0.317. The van der Waals surface area contributed by atoms with Gasteiger partial charge in [0.15, 0.2) is 5.41 Å². The molecule has 0 heterocycles. The molecule has 2 unspecified atom stereocenters. The van der Waals surface area contributed by atoms with Gasteiger partial charge in [0.05, 0.1) is 0 Å². The second-order valence-electron chi connectivity index (χ2n) is 5.84. The molecule has 1 aliphatic rings. The number of nitrogens with two attached hydrogens (primary N) is 2. The van der Waals surface area contributed by atoms with Crippen LogP contribution in [0.5, 0.6) is 0 Å². The molecule has 2 nitrogen and oxygen atoms in total. The topological polar surface area (TPSA) is 52.0 Å². The van der Waals surface area contributed by atoms with Crippen LogP contribution in [0.4, 0.5) is 32.0 Å². The van der Waals surface area contributed by atoms with Crippen molar-refractivity contribution in [2.75, 3.05) is 5.73 Å². The van der Waals surface area contributed by atoms with Gasteiger partial charge < -0.3 is 11.5 Å². The number of anilines is 1. The number of hydrogen-bond donors (Lipinski definition) is 2. The number of hydrogen-bond acceptors (Lipinski definition) is 2. The van der Waals surface area contributed by atoms with Crippen LogP contribution in [-0.2, 0) is 5.41 Å². The molecule has 1 aromatic carbocycles. The summed E-state index contributed by atoms with van der Waals surface area (Å²) >= 11 is 0. The first-order valence-electron chi connectivity index (χ1n) is 7.06. The number of rotatable bonds is 2. The van der Waals surface area contributed by atoms with E-state index in [4.69, 9.17) is 11.5 Å². The van der Waals surface area contributed by atoms with Gasteiger partial charge in [0, 0.05) is 17.3 Å². The predicted octanol–water partition coefficient (Wildman–Crippen LogP) is 4.30. The van der Waals surface area contributed by atoms with Crippen LogP contribution < -0.4 is 11.5 Å². The van der Waals surface area contributed by atoms with E-state index in [-0.39, 0.29) is 11.4 Å². The summed E-state index contributed by atoms with van der Waals surface area (Å²) in [5.74, 6) is -2.97. The maximum atomic E-state index is 13.9. The maximum Gasteiger partial charge on any atom is 0.407 e. The number of alkyl halides is 6. The van der Waals surface area contributed by atoms with Crippen molar-refractivity contribution in [1.29, 1.82) is 0 Å². The van der Waals surface area contributed by atoms with Crippen molar-refractivity contribution in [2.24, 2.45) is 17.6 Å². The molecule has 24 heavy (non-hydrogen) atoms. The Morgan fingerprint density at radius 1 is 0.958 bits per heavy atom. The average molecular weight is 350 g/mol. The fourth-order valence-corrected chi connectivity index (χ4v) is 3.16. The smallest absolute Gasteiger partial charge is 0.399 e. The fraction of sp³-hybridized carbons (Fsp3) is 0.375. The van der Waals surface area contributed by atoms with Gasteiger partial charge in [0.1, 0.15) is 0 Å². The molecule has 132 valence electrons. The molecule has 2 rings (SSSR count). The average Bonchev–Trinajstić information content (AvgIpc) is 2.40. The van der Waals surface area contributed by atoms with Crippen molar-refractivity contribution < 1.29 is 26.3 Å². The van der Waals surface area contributed by atoms with Crippen molar-refractivity contribution in [3.05, 3.63) is 53.8 Å². The predicted molar refractivity (Wildman–Crippen MR) is 78.7 cm³/mol. The summed E-state index contributed by atoms with van der Waals surface area (Å²) in [5.41, 5.74) is 5.57. The number of halogens is 6. The first kappa shape index (κ1) is 18.2. The summed E-state index contributed by atoms with van der Waals surface area (Å²) in [6.45, 7) is 1.29. The first-order valence-corrected chi connectivity index (χ1v) is 7.06. The largest absolute Gasteiger partial charge is 0.407 e. The molecule has 0 aromatic heterocycles. The van der Waals surface area contributed by atoms with Gasteiger partial charge in [-0.3, -0.25) is 0 Å². The summed E-state index contributed by atoms with van der Waals surface area (Å²) in [6.07, 6.45) is -7.81. The zero-order valence-corrected chi connectivity index (χ0v) is 12.6. The second kappa shape index (κ2) is 5.75. The zero-order valence-electron chi connectivity index (χ0n) is 12.6. The van der Waals surface area contributed by atoms with Crippen molar-refractivity contribution >= 4 is 5.69 Å². The fourth-order valence-electron chi connectivity index (χ4n) is 3.16. The minimum Gasteiger partial charge on any atom is -0.399 e. The molecule has 1 aliphatic carbocycles. The van der Waals surface area contributed by atoms with Gasteiger partial charge in [-0.05, 0) is 29.7 Å². The molecule has 0 aliphatic heterocycles. The van der Waals surface area contributed by atoms with Crippen LogP contribution in [-0.4, -0.2) is 12.4 Å². The molecular weight excluding hydrogens is 334 g/mol. The third kappa shape index (κ3) is 2.74. The van der Waals surface area contributed by atoms with E-state index >= 15 is 0 Å². The van der Waals surface area contributed by atoms with E-state index in [9.17, 15) is 26.3 Å². The maximum absolute atomic E-state index is 13.9. The van der Waals surface area contributed by atoms with E-state index in [0.717, 1.165) is 24.3 Å². The Morgan fingerprint density at radius 3 is 2.04 bits per heavy atom. The summed E-state index contributed by atoms with van der Waals surface area (Å²) in [6, 6.07) is 3.82. The number of benzene rings is 1. The highest BCUT2D eigenvalue weighted by Crippen LogP contribution is 2.59. The molecule has 8 heteroatoms. The lowest BCUT2D eigenvalue weighted by atomic mass is 9.63. The van der Waals surface area contributed by atoms with Crippen molar-refractivity contribution in [2.45, 2.75) is 24.7 Å². The van der Waals surface area contributed by atoms with Crippen LogP contribution >= 0.6 is 0 Å². The molecule has 0 bridgehead atoms. The quantitative estimate of drug-likeness (QED) is 0.617. The Balaban J connectivity index is 2.85. The monoisotopic (exact) mass is 350 g/mol. The van der Waals surface area contributed by atoms with Crippen molar-refractivity contribution in [3.8, 4) is 0 Å². The van der Waals surface area contributed by atoms with Crippen molar-refractivity contribution in [3.63, 3.8) is 0 Å². The molecule has 0 saturated carbocycles. The molecule has 0 spiro atoms. The summed E-state index contributed by atoms with van der Waals surface area (Å²) in [7, 11) is 0. The Labute approximate surface area is 134 Å². The van der Waals surface area contributed by atoms with Gasteiger partial charge in [0.2, 0.25) is 0 Å². The first-order chi connectivity index (χ1) is 10.9. The van der Waals surface area contributed by atoms with E-state index in [0.29, 0.717) is 0 Å². The van der Waals surface area contributed by atoms with Gasteiger partial charge in [-0.15, -0.1) is 0 Å². The summed E-state index contributed by atoms with van der Waals surface area (Å²) < 4.78 is 83.5. The van der Waals surface area contributed by atoms with Gasteiger partial charge in [0.25, 0.3) is 0 Å². The molecule has 0 fully saturated rings.